The van der Waals surface area contributed by atoms with E-state index in [0.29, 0.717) is 6.61 Å². The Balaban J connectivity index is 3.34. The first-order valence-corrected chi connectivity index (χ1v) is 5.15. The van der Waals surface area contributed by atoms with Gasteiger partial charge in [-0.25, -0.2) is 9.68 Å². The molecule has 5 heteroatoms. The van der Waals surface area contributed by atoms with Gasteiger partial charge in [0.25, 0.3) is 0 Å². The van der Waals surface area contributed by atoms with Crippen LogP contribution in [0.2, 0.25) is 0 Å². The molecule has 0 aliphatic heterocycles. The first kappa shape index (κ1) is 14.2. The van der Waals surface area contributed by atoms with Crippen LogP contribution in [0.15, 0.2) is 0 Å². The van der Waals surface area contributed by atoms with Crippen LogP contribution in [0.5, 0.6) is 0 Å². The van der Waals surface area contributed by atoms with Crippen LogP contribution in [0.1, 0.15) is 47.0 Å². The highest BCUT2D eigenvalue weighted by Crippen LogP contribution is 2.07. The molecule has 0 radical (unpaired) electrons. The molecule has 0 aliphatic carbocycles. The van der Waals surface area contributed by atoms with Crippen molar-refractivity contribution in [2.24, 2.45) is 0 Å². The molecule has 0 saturated heterocycles. The summed E-state index contributed by atoms with van der Waals surface area (Å²) in [6.45, 7) is 7.71. The monoisotopic (exact) mass is 220 g/mol. The maximum absolute atomic E-state index is 10.8. The molecule has 0 rings (SSSR count). The van der Waals surface area contributed by atoms with Crippen LogP contribution in [0, 0.1) is 0 Å². The third-order valence-corrected chi connectivity index (χ3v) is 1.35. The van der Waals surface area contributed by atoms with Gasteiger partial charge in [-0.2, -0.15) is 4.89 Å². The summed E-state index contributed by atoms with van der Waals surface area (Å²) >= 11 is 0. The van der Waals surface area contributed by atoms with Gasteiger partial charge in [0.2, 0.25) is 0 Å². The zero-order valence-corrected chi connectivity index (χ0v) is 9.87. The summed E-state index contributed by atoms with van der Waals surface area (Å²) < 4.78 is 4.69. The molecule has 15 heavy (non-hydrogen) atoms. The van der Waals surface area contributed by atoms with E-state index in [0.717, 1.165) is 19.3 Å². The largest absolute Gasteiger partial charge is 0.542 e. The Hall–Kier alpha value is -0.810. The third-order valence-electron chi connectivity index (χ3n) is 1.35. The van der Waals surface area contributed by atoms with E-state index in [1.165, 1.54) is 0 Å². The zero-order chi connectivity index (χ0) is 11.7. The lowest BCUT2D eigenvalue weighted by Gasteiger charge is -2.15. The van der Waals surface area contributed by atoms with E-state index in [1.807, 2.05) is 0 Å². The van der Waals surface area contributed by atoms with Crippen molar-refractivity contribution in [3.05, 3.63) is 0 Å². The number of carbonyl (C=O) groups excluding carboxylic acids is 1. The molecular weight excluding hydrogens is 200 g/mol. The van der Waals surface area contributed by atoms with Crippen molar-refractivity contribution in [2.75, 3.05) is 6.61 Å². The Morgan fingerprint density at radius 1 is 1.20 bits per heavy atom. The molecule has 0 bridgehead atoms. The normalized spacial score (nSPS) is 11.2. The fraction of sp³-hybridized carbons (Fsp3) is 0.900. The molecule has 0 amide bonds. The average molecular weight is 220 g/mol. The Kier molecular flexibility index (Phi) is 7.07. The molecular formula is C10H20O5. The number of hydrogen-bond donors (Lipinski definition) is 0. The molecule has 5 nitrogen and oxygen atoms in total. The molecule has 0 heterocycles. The molecule has 0 aromatic rings. The van der Waals surface area contributed by atoms with Gasteiger partial charge in [-0.15, -0.1) is 0 Å². The molecule has 0 aromatic heterocycles. The minimum Gasteiger partial charge on any atom is -0.432 e. The van der Waals surface area contributed by atoms with E-state index in [9.17, 15) is 4.79 Å². The van der Waals surface area contributed by atoms with Crippen LogP contribution in [0.25, 0.3) is 0 Å². The second-order valence-corrected chi connectivity index (χ2v) is 4.15. The number of rotatable bonds is 6. The summed E-state index contributed by atoms with van der Waals surface area (Å²) in [5.74, 6) is 0. The fourth-order valence-corrected chi connectivity index (χ4v) is 0.678. The maximum atomic E-state index is 10.8. The summed E-state index contributed by atoms with van der Waals surface area (Å²) in [5.41, 5.74) is -0.525. The van der Waals surface area contributed by atoms with E-state index in [2.05, 4.69) is 16.8 Å². The SMILES string of the molecule is CCCCCOC(=O)OOOC(C)(C)C. The van der Waals surface area contributed by atoms with Gasteiger partial charge in [0.1, 0.15) is 0 Å². The van der Waals surface area contributed by atoms with Crippen molar-refractivity contribution in [1.29, 1.82) is 0 Å². The fourth-order valence-electron chi connectivity index (χ4n) is 0.678. The minimum atomic E-state index is -0.879. The molecule has 0 saturated carbocycles. The van der Waals surface area contributed by atoms with Gasteiger partial charge in [-0.3, -0.25) is 0 Å². The second-order valence-electron chi connectivity index (χ2n) is 4.15. The Bertz CT molecular complexity index is 173. The van der Waals surface area contributed by atoms with Gasteiger partial charge < -0.3 is 4.74 Å². The van der Waals surface area contributed by atoms with Gasteiger partial charge >= 0.3 is 6.16 Å². The highest BCUT2D eigenvalue weighted by atomic mass is 17.5. The third kappa shape index (κ3) is 11.1. The Morgan fingerprint density at radius 3 is 2.40 bits per heavy atom. The van der Waals surface area contributed by atoms with E-state index in [1.54, 1.807) is 20.8 Å². The lowest BCUT2D eigenvalue weighted by atomic mass is 10.2. The summed E-state index contributed by atoms with van der Waals surface area (Å²) in [6, 6.07) is 0. The van der Waals surface area contributed by atoms with Crippen LogP contribution in [0.4, 0.5) is 4.79 Å². The van der Waals surface area contributed by atoms with Gasteiger partial charge in [0, 0.05) is 0 Å². The van der Waals surface area contributed by atoms with Crippen molar-refractivity contribution < 1.29 is 24.3 Å². The minimum absolute atomic E-state index is 0.339. The Labute approximate surface area is 90.5 Å². The molecule has 0 aliphatic rings. The Morgan fingerprint density at radius 2 is 1.87 bits per heavy atom. The number of ether oxygens (including phenoxy) is 1. The molecule has 90 valence electrons. The van der Waals surface area contributed by atoms with Crippen LogP contribution >= 0.6 is 0 Å². The molecule has 0 spiro atoms. The van der Waals surface area contributed by atoms with Crippen molar-refractivity contribution in [3.63, 3.8) is 0 Å². The molecule has 0 unspecified atom stereocenters. The van der Waals surface area contributed by atoms with Gasteiger partial charge in [0.05, 0.1) is 12.2 Å². The average Bonchev–Trinajstić information content (AvgIpc) is 2.10. The van der Waals surface area contributed by atoms with E-state index in [-0.39, 0.29) is 0 Å². The highest BCUT2D eigenvalue weighted by Gasteiger charge is 2.14. The predicted octanol–water partition coefficient (Wildman–Crippen LogP) is 2.99. The van der Waals surface area contributed by atoms with E-state index < -0.39 is 11.8 Å². The van der Waals surface area contributed by atoms with Gasteiger partial charge in [0.15, 0.2) is 0 Å². The van der Waals surface area contributed by atoms with Crippen LogP contribution in [-0.4, -0.2) is 18.4 Å². The maximum Gasteiger partial charge on any atom is 0.542 e. The summed E-state index contributed by atoms with van der Waals surface area (Å²) in [4.78, 5) is 19.8. The predicted molar refractivity (Wildman–Crippen MR) is 53.9 cm³/mol. The quantitative estimate of drug-likeness (QED) is 0.298. The lowest BCUT2D eigenvalue weighted by molar-refractivity contribution is -0.514. The van der Waals surface area contributed by atoms with Crippen molar-refractivity contribution in [1.82, 2.24) is 0 Å². The van der Waals surface area contributed by atoms with Crippen LogP contribution < -0.4 is 0 Å². The van der Waals surface area contributed by atoms with Crippen molar-refractivity contribution in [2.45, 2.75) is 52.6 Å². The summed E-state index contributed by atoms with van der Waals surface area (Å²) in [5, 5.41) is 4.24. The lowest BCUT2D eigenvalue weighted by Crippen LogP contribution is -2.21. The first-order valence-electron chi connectivity index (χ1n) is 5.15. The van der Waals surface area contributed by atoms with E-state index in [4.69, 9.17) is 9.62 Å². The smallest absolute Gasteiger partial charge is 0.432 e. The highest BCUT2D eigenvalue weighted by molar-refractivity contribution is 5.58. The molecule has 0 fully saturated rings. The van der Waals surface area contributed by atoms with Gasteiger partial charge in [-0.05, 0) is 32.2 Å². The number of hydrogen-bond acceptors (Lipinski definition) is 5. The topological polar surface area (TPSA) is 54.0 Å². The van der Waals surface area contributed by atoms with Gasteiger partial charge in [-0.1, -0.05) is 19.8 Å². The molecule has 0 N–H and O–H groups in total. The molecule has 0 aromatic carbocycles. The van der Waals surface area contributed by atoms with Crippen molar-refractivity contribution >= 4 is 6.16 Å². The zero-order valence-electron chi connectivity index (χ0n) is 9.87. The van der Waals surface area contributed by atoms with Crippen LogP contribution in [-0.2, 0) is 19.6 Å². The summed E-state index contributed by atoms with van der Waals surface area (Å²) in [7, 11) is 0. The number of unbranched alkanes of at least 4 members (excludes halogenated alkanes) is 2. The van der Waals surface area contributed by atoms with Crippen LogP contribution in [0.3, 0.4) is 0 Å². The first-order chi connectivity index (χ1) is 6.95. The number of carbonyl (C=O) groups is 1. The standard InChI is InChI=1S/C10H20O5/c1-5-6-7-8-12-9(11)13-15-14-10(2,3)4/h5-8H2,1-4H3. The summed E-state index contributed by atoms with van der Waals surface area (Å²) in [6.07, 6.45) is 2.04. The molecule has 0 atom stereocenters. The van der Waals surface area contributed by atoms with E-state index >= 15 is 0 Å². The van der Waals surface area contributed by atoms with Crippen molar-refractivity contribution in [3.8, 4) is 0 Å². The second kappa shape index (κ2) is 7.48.